The fourth-order valence-electron chi connectivity index (χ4n) is 2.96. The van der Waals surface area contributed by atoms with Crippen LogP contribution < -0.4 is 10.0 Å². The van der Waals surface area contributed by atoms with E-state index in [1.165, 1.54) is 36.7 Å². The summed E-state index contributed by atoms with van der Waals surface area (Å²) in [6.07, 6.45) is 7.44. The number of nitrogens with one attached hydrogen (secondary N) is 2. The third kappa shape index (κ3) is 13.3. The van der Waals surface area contributed by atoms with Crippen molar-refractivity contribution >= 4 is 63.9 Å². The summed E-state index contributed by atoms with van der Waals surface area (Å²) in [5, 5.41) is 4.30. The summed E-state index contributed by atoms with van der Waals surface area (Å²) in [6.45, 7) is 14.8. The standard InChI is InChI=1S/C26H27N5O2S2.C2H5N.C2H6/c1-4-21(25(33)17-34-19(3)32)16-29-18(2)31-35-23-8-9-24-22(14-23)7-10-26(30-24)28-13-11-20-6-5-12-27-15-20;1-3-2;1-2/h4-10,12,14-16H,1,11,13,17H2,2-3H3,(H,28,30)(H,29,31);1H2,2H3;1-2H3/b21-16+;;. The highest BCUT2D eigenvalue weighted by molar-refractivity contribution is 8.14. The van der Waals surface area contributed by atoms with Gasteiger partial charge in [0, 0.05) is 55.0 Å². The number of rotatable bonds is 11. The first-order chi connectivity index (χ1) is 19.4. The van der Waals surface area contributed by atoms with Crippen molar-refractivity contribution in [2.45, 2.75) is 39.0 Å². The lowest BCUT2D eigenvalue weighted by Gasteiger charge is -2.08. The van der Waals surface area contributed by atoms with E-state index in [0.717, 1.165) is 46.3 Å². The summed E-state index contributed by atoms with van der Waals surface area (Å²) in [6, 6.07) is 14.1. The van der Waals surface area contributed by atoms with Crippen LogP contribution in [0.15, 0.2) is 94.2 Å². The van der Waals surface area contributed by atoms with Crippen LogP contribution in [0.4, 0.5) is 5.82 Å². The molecule has 0 aliphatic carbocycles. The zero-order chi connectivity index (χ0) is 29.8. The molecule has 2 N–H and O–H groups in total. The van der Waals surface area contributed by atoms with E-state index >= 15 is 0 Å². The van der Waals surface area contributed by atoms with Crippen molar-refractivity contribution in [2.75, 3.05) is 24.7 Å². The monoisotopic (exact) mass is 578 g/mol. The number of pyridine rings is 2. The molecule has 0 amide bonds. The number of Topliss-reactive ketones (excluding diaryl/α,β-unsaturated/α-hetero) is 1. The quantitative estimate of drug-likeness (QED) is 0.0866. The van der Waals surface area contributed by atoms with Gasteiger partial charge in [0.1, 0.15) is 11.7 Å². The fraction of sp³-hybridized carbons (Fsp3) is 0.267. The Morgan fingerprint density at radius 2 is 1.88 bits per heavy atom. The first kappa shape index (κ1) is 34.3. The molecule has 3 aromatic rings. The molecule has 0 atom stereocenters. The second-order valence-electron chi connectivity index (χ2n) is 7.82. The van der Waals surface area contributed by atoms with Gasteiger partial charge in [0.05, 0.1) is 11.3 Å². The number of ketones is 1. The van der Waals surface area contributed by atoms with Gasteiger partial charge in [-0.15, -0.1) is 0 Å². The van der Waals surface area contributed by atoms with Gasteiger partial charge < -0.3 is 15.0 Å². The van der Waals surface area contributed by atoms with Gasteiger partial charge in [0.2, 0.25) is 0 Å². The van der Waals surface area contributed by atoms with Gasteiger partial charge in [0.15, 0.2) is 10.9 Å². The summed E-state index contributed by atoms with van der Waals surface area (Å²) in [5.41, 5.74) is 2.46. The molecule has 3 rings (SSSR count). The Hall–Kier alpha value is -3.76. The average Bonchev–Trinajstić information content (AvgIpc) is 2.97. The maximum atomic E-state index is 12.1. The Morgan fingerprint density at radius 3 is 2.52 bits per heavy atom. The van der Waals surface area contributed by atoms with Crippen molar-refractivity contribution in [3.8, 4) is 0 Å². The summed E-state index contributed by atoms with van der Waals surface area (Å²) in [5.74, 6) is 1.37. The van der Waals surface area contributed by atoms with Crippen LogP contribution in [-0.2, 0) is 16.0 Å². The number of carbonyl (C=O) groups is 2. The molecule has 2 aromatic heterocycles. The highest BCUT2D eigenvalue weighted by atomic mass is 32.2. The molecule has 0 bridgehead atoms. The molecule has 0 spiro atoms. The van der Waals surface area contributed by atoms with Crippen molar-refractivity contribution in [3.63, 3.8) is 0 Å². The first-order valence-corrected chi connectivity index (χ1v) is 14.5. The fourth-order valence-corrected chi connectivity index (χ4v) is 4.10. The van der Waals surface area contributed by atoms with Crippen LogP contribution in [-0.4, -0.2) is 52.8 Å². The smallest absolute Gasteiger partial charge is 0.186 e. The van der Waals surface area contributed by atoms with Gasteiger partial charge in [-0.05, 0) is 74.0 Å². The van der Waals surface area contributed by atoms with Crippen molar-refractivity contribution in [3.05, 3.63) is 84.8 Å². The Kier molecular flexibility index (Phi) is 17.3. The number of thioether (sulfide) groups is 1. The molecule has 212 valence electrons. The molecule has 0 saturated heterocycles. The lowest BCUT2D eigenvalue weighted by atomic mass is 10.2. The van der Waals surface area contributed by atoms with E-state index in [-0.39, 0.29) is 16.7 Å². The van der Waals surface area contributed by atoms with Gasteiger partial charge in [-0.25, -0.2) is 9.98 Å². The van der Waals surface area contributed by atoms with Crippen LogP contribution in [0.25, 0.3) is 10.9 Å². The van der Waals surface area contributed by atoms with Crippen LogP contribution in [0.5, 0.6) is 0 Å². The molecule has 0 aliphatic rings. The highest BCUT2D eigenvalue weighted by Crippen LogP contribution is 2.22. The number of hydrogen-bond donors (Lipinski definition) is 2. The van der Waals surface area contributed by atoms with Gasteiger partial charge in [-0.2, -0.15) is 0 Å². The Bertz CT molecular complexity index is 1310. The lowest BCUT2D eigenvalue weighted by molar-refractivity contribution is -0.113. The van der Waals surface area contributed by atoms with E-state index in [1.807, 2.05) is 57.3 Å². The molecule has 0 aliphatic heterocycles. The minimum atomic E-state index is -0.183. The molecule has 0 saturated carbocycles. The number of benzene rings is 1. The number of aliphatic imine (C=N–C) groups is 2. The van der Waals surface area contributed by atoms with Crippen molar-refractivity contribution in [1.82, 2.24) is 14.7 Å². The van der Waals surface area contributed by atoms with Gasteiger partial charge in [-0.3, -0.25) is 14.6 Å². The number of anilines is 1. The highest BCUT2D eigenvalue weighted by Gasteiger charge is 2.08. The number of carbonyl (C=O) groups excluding carboxylic acids is 2. The molecule has 1 aromatic carbocycles. The molecule has 10 heteroatoms. The number of nitrogens with zero attached hydrogens (tertiary/aromatic N) is 4. The predicted octanol–water partition coefficient (Wildman–Crippen LogP) is 6.56. The van der Waals surface area contributed by atoms with E-state index in [0.29, 0.717) is 11.4 Å². The first-order valence-electron chi connectivity index (χ1n) is 12.7. The Labute approximate surface area is 246 Å². The van der Waals surface area contributed by atoms with E-state index in [1.54, 1.807) is 13.2 Å². The molecule has 0 unspecified atom stereocenters. The summed E-state index contributed by atoms with van der Waals surface area (Å²) >= 11 is 2.39. The van der Waals surface area contributed by atoms with E-state index in [9.17, 15) is 9.59 Å². The number of fused-ring (bicyclic) bond motifs is 1. The molecular weight excluding hydrogens is 541 g/mol. The van der Waals surface area contributed by atoms with Crippen LogP contribution in [0, 0.1) is 0 Å². The molecule has 0 fully saturated rings. The largest absolute Gasteiger partial charge is 0.370 e. The van der Waals surface area contributed by atoms with Crippen LogP contribution in [0.3, 0.4) is 0 Å². The van der Waals surface area contributed by atoms with Gasteiger partial charge in [-0.1, -0.05) is 44.3 Å². The average molecular weight is 579 g/mol. The van der Waals surface area contributed by atoms with Crippen molar-refractivity contribution < 1.29 is 9.59 Å². The van der Waals surface area contributed by atoms with Crippen molar-refractivity contribution in [2.24, 2.45) is 9.98 Å². The predicted molar refractivity (Wildman–Crippen MR) is 174 cm³/mol. The number of amidine groups is 1. The Morgan fingerprint density at radius 1 is 1.12 bits per heavy atom. The molecular formula is C30H38N6O2S2. The summed E-state index contributed by atoms with van der Waals surface area (Å²) in [7, 11) is 1.64. The second-order valence-corrected chi connectivity index (χ2v) is 9.85. The Balaban J connectivity index is 0.00000150. The zero-order valence-electron chi connectivity index (χ0n) is 23.8. The van der Waals surface area contributed by atoms with Gasteiger partial charge >= 0.3 is 0 Å². The van der Waals surface area contributed by atoms with Crippen LogP contribution in [0.2, 0.25) is 0 Å². The second kappa shape index (κ2) is 20.2. The maximum absolute atomic E-state index is 12.1. The van der Waals surface area contributed by atoms with E-state index in [2.05, 4.69) is 50.4 Å². The topological polar surface area (TPSA) is 109 Å². The van der Waals surface area contributed by atoms with Crippen molar-refractivity contribution in [1.29, 1.82) is 0 Å². The number of allylic oxidation sites excluding steroid dienone is 2. The van der Waals surface area contributed by atoms with E-state index < -0.39 is 0 Å². The molecule has 40 heavy (non-hydrogen) atoms. The zero-order valence-corrected chi connectivity index (χ0v) is 25.4. The minimum absolute atomic E-state index is 0.0802. The third-order valence-electron chi connectivity index (χ3n) is 4.77. The molecule has 2 heterocycles. The number of hydrogen-bond acceptors (Lipinski definition) is 9. The maximum Gasteiger partial charge on any atom is 0.186 e. The van der Waals surface area contributed by atoms with Crippen LogP contribution in [0.1, 0.15) is 33.3 Å². The van der Waals surface area contributed by atoms with Gasteiger partial charge in [0.25, 0.3) is 0 Å². The summed E-state index contributed by atoms with van der Waals surface area (Å²) < 4.78 is 3.17. The summed E-state index contributed by atoms with van der Waals surface area (Å²) in [4.78, 5) is 40.6. The minimum Gasteiger partial charge on any atom is -0.370 e. The third-order valence-corrected chi connectivity index (χ3v) is 6.47. The molecule has 0 radical (unpaired) electrons. The number of aromatic nitrogens is 2. The molecule has 8 nitrogen and oxygen atoms in total. The normalized spacial score (nSPS) is 10.8. The van der Waals surface area contributed by atoms with E-state index in [4.69, 9.17) is 4.98 Å². The van der Waals surface area contributed by atoms with Crippen LogP contribution >= 0.6 is 23.7 Å². The lowest BCUT2D eigenvalue weighted by Crippen LogP contribution is -2.11. The SMILES string of the molecule is C=C/C(=C\N=C(C)NSc1ccc2nc(NCCc3cccnc3)ccc2c1)C(=O)CSC(C)=O.C=NC.CC.